The third-order valence-corrected chi connectivity index (χ3v) is 4.81. The minimum absolute atomic E-state index is 0.148. The molecule has 1 amide bonds. The molecule has 1 aliphatic rings. The lowest BCUT2D eigenvalue weighted by molar-refractivity contribution is 0.0829. The van der Waals surface area contributed by atoms with Crippen LogP contribution in [0.1, 0.15) is 56.3 Å². The summed E-state index contributed by atoms with van der Waals surface area (Å²) in [6, 6.07) is 0.226. The lowest BCUT2D eigenvalue weighted by Crippen LogP contribution is -2.46. The highest BCUT2D eigenvalue weighted by atomic mass is 35.5. The Labute approximate surface area is 123 Å². The summed E-state index contributed by atoms with van der Waals surface area (Å²) in [7, 11) is 0. The van der Waals surface area contributed by atoms with Crippen molar-refractivity contribution in [1.82, 2.24) is 15.5 Å². The number of carbonyl (C=O) groups excluding carboxylic acids is 1. The summed E-state index contributed by atoms with van der Waals surface area (Å²) in [5, 5.41) is 10.9. The fourth-order valence-corrected chi connectivity index (χ4v) is 3.60. The Balaban J connectivity index is 2.05. The normalized spacial score (nSPS) is 24.2. The smallest absolute Gasteiger partial charge is 0.282 e. The second-order valence-corrected chi connectivity index (χ2v) is 7.76. The molecule has 1 heterocycles. The topological polar surface area (TPSA) is 54.9 Å². The average Bonchev–Trinajstić information content (AvgIpc) is 2.75. The molecule has 19 heavy (non-hydrogen) atoms. The molecule has 0 bridgehead atoms. The van der Waals surface area contributed by atoms with Crippen molar-refractivity contribution in [3.05, 3.63) is 9.47 Å². The van der Waals surface area contributed by atoms with Crippen molar-refractivity contribution >= 4 is 28.8 Å². The van der Waals surface area contributed by atoms with Crippen LogP contribution in [0.5, 0.6) is 0 Å². The van der Waals surface area contributed by atoms with Crippen molar-refractivity contribution in [2.45, 2.75) is 52.5 Å². The molecule has 1 aliphatic carbocycles. The van der Waals surface area contributed by atoms with Gasteiger partial charge in [0.2, 0.25) is 9.47 Å². The summed E-state index contributed by atoms with van der Waals surface area (Å²) in [6.07, 6.45) is 4.64. The highest BCUT2D eigenvalue weighted by Gasteiger charge is 2.35. The summed E-state index contributed by atoms with van der Waals surface area (Å²) >= 11 is 6.84. The zero-order valence-electron chi connectivity index (χ0n) is 11.6. The molecule has 1 saturated carbocycles. The summed E-state index contributed by atoms with van der Waals surface area (Å²) in [5.74, 6) is 0.360. The van der Waals surface area contributed by atoms with Gasteiger partial charge in [-0.1, -0.05) is 44.9 Å². The Hall–Kier alpha value is -0.680. The van der Waals surface area contributed by atoms with Crippen molar-refractivity contribution in [2.24, 2.45) is 11.3 Å². The van der Waals surface area contributed by atoms with Gasteiger partial charge in [-0.05, 0) is 35.8 Å². The first kappa shape index (κ1) is 14.7. The highest BCUT2D eigenvalue weighted by molar-refractivity contribution is 7.17. The molecule has 0 radical (unpaired) electrons. The maximum absolute atomic E-state index is 12.1. The van der Waals surface area contributed by atoms with Gasteiger partial charge in [0, 0.05) is 6.04 Å². The predicted octanol–water partition coefficient (Wildman–Crippen LogP) is 3.53. The van der Waals surface area contributed by atoms with E-state index in [1.54, 1.807) is 0 Å². The van der Waals surface area contributed by atoms with Gasteiger partial charge in [-0.15, -0.1) is 10.2 Å². The first-order chi connectivity index (χ1) is 8.88. The minimum Gasteiger partial charge on any atom is -0.347 e. The number of aromatic nitrogens is 2. The molecular weight excluding hydrogens is 282 g/mol. The second-order valence-electron chi connectivity index (χ2n) is 6.20. The summed E-state index contributed by atoms with van der Waals surface area (Å²) < 4.78 is 0.307. The number of hydrogen-bond donors (Lipinski definition) is 1. The highest BCUT2D eigenvalue weighted by Crippen LogP contribution is 2.38. The third kappa shape index (κ3) is 3.66. The maximum atomic E-state index is 12.1. The van der Waals surface area contributed by atoms with Crippen molar-refractivity contribution in [3.63, 3.8) is 0 Å². The quantitative estimate of drug-likeness (QED) is 0.909. The largest absolute Gasteiger partial charge is 0.347 e. The number of amides is 1. The first-order valence-corrected chi connectivity index (χ1v) is 7.87. The van der Waals surface area contributed by atoms with Crippen molar-refractivity contribution in [2.75, 3.05) is 0 Å². The molecular formula is C13H20ClN3OS. The van der Waals surface area contributed by atoms with E-state index < -0.39 is 0 Å². The summed E-state index contributed by atoms with van der Waals surface area (Å²) in [6.45, 7) is 6.72. The molecule has 4 nitrogen and oxygen atoms in total. The van der Waals surface area contributed by atoms with Gasteiger partial charge in [0.1, 0.15) is 0 Å². The SMILES string of the molecule is CC(C)(C)C1CCCCC1NC(=O)c1nnc(Cl)s1. The minimum atomic E-state index is -0.148. The molecule has 2 rings (SSSR count). The van der Waals surface area contributed by atoms with Crippen LogP contribution >= 0.6 is 22.9 Å². The average molecular weight is 302 g/mol. The lowest BCUT2D eigenvalue weighted by Gasteiger charge is -2.40. The van der Waals surface area contributed by atoms with Crippen LogP contribution in [0, 0.1) is 11.3 Å². The van der Waals surface area contributed by atoms with Gasteiger partial charge in [-0.2, -0.15) is 0 Å². The summed E-state index contributed by atoms with van der Waals surface area (Å²) in [5.41, 5.74) is 0.205. The molecule has 2 unspecified atom stereocenters. The molecule has 0 saturated heterocycles. The first-order valence-electron chi connectivity index (χ1n) is 6.68. The van der Waals surface area contributed by atoms with Crippen molar-refractivity contribution in [3.8, 4) is 0 Å². The Morgan fingerprint density at radius 2 is 2.00 bits per heavy atom. The molecule has 1 N–H and O–H groups in total. The lowest BCUT2D eigenvalue weighted by atomic mass is 9.69. The molecule has 0 spiro atoms. The number of nitrogens with one attached hydrogen (secondary N) is 1. The van der Waals surface area contributed by atoms with Gasteiger partial charge in [0.25, 0.3) is 5.91 Å². The Morgan fingerprint density at radius 3 is 2.58 bits per heavy atom. The second kappa shape index (κ2) is 5.75. The fraction of sp³-hybridized carbons (Fsp3) is 0.769. The van der Waals surface area contributed by atoms with Gasteiger partial charge in [-0.3, -0.25) is 4.79 Å². The van der Waals surface area contributed by atoms with Crippen molar-refractivity contribution < 1.29 is 4.79 Å². The van der Waals surface area contributed by atoms with Crippen LogP contribution in [0.4, 0.5) is 0 Å². The zero-order valence-corrected chi connectivity index (χ0v) is 13.1. The molecule has 106 valence electrons. The molecule has 0 aromatic carbocycles. The maximum Gasteiger partial charge on any atom is 0.282 e. The summed E-state index contributed by atoms with van der Waals surface area (Å²) in [4.78, 5) is 12.1. The molecule has 2 atom stereocenters. The standard InChI is InChI=1S/C13H20ClN3OS/c1-13(2,3)8-6-4-5-7-9(8)15-10(18)11-16-17-12(14)19-11/h8-9H,4-7H2,1-3H3,(H,15,18). The number of rotatable bonds is 2. The van der Waals surface area contributed by atoms with Crippen LogP contribution in [0.3, 0.4) is 0 Å². The van der Waals surface area contributed by atoms with Crippen molar-refractivity contribution in [1.29, 1.82) is 0 Å². The molecule has 1 aromatic heterocycles. The van der Waals surface area contributed by atoms with Gasteiger partial charge < -0.3 is 5.32 Å². The van der Waals surface area contributed by atoms with E-state index >= 15 is 0 Å². The van der Waals surface area contributed by atoms with Crippen LogP contribution in [0.2, 0.25) is 4.47 Å². The Kier molecular flexibility index (Phi) is 4.46. The van der Waals surface area contributed by atoms with E-state index in [1.165, 1.54) is 19.3 Å². The van der Waals surface area contributed by atoms with E-state index in [1.807, 2.05) is 0 Å². The molecule has 6 heteroatoms. The van der Waals surface area contributed by atoms with E-state index in [0.29, 0.717) is 15.4 Å². The van der Waals surface area contributed by atoms with Crippen LogP contribution in [-0.2, 0) is 0 Å². The monoisotopic (exact) mass is 301 g/mol. The molecule has 1 aromatic rings. The number of nitrogens with zero attached hydrogens (tertiary/aromatic N) is 2. The van der Waals surface area contributed by atoms with Crippen LogP contribution in [-0.4, -0.2) is 22.1 Å². The van der Waals surface area contributed by atoms with E-state index in [0.717, 1.165) is 17.8 Å². The van der Waals surface area contributed by atoms with Crippen LogP contribution in [0.25, 0.3) is 0 Å². The van der Waals surface area contributed by atoms with Gasteiger partial charge in [0.15, 0.2) is 0 Å². The third-order valence-electron chi connectivity index (χ3n) is 3.79. The van der Waals surface area contributed by atoms with E-state index in [9.17, 15) is 4.79 Å². The number of carbonyl (C=O) groups is 1. The van der Waals surface area contributed by atoms with E-state index in [2.05, 4.69) is 36.3 Å². The predicted molar refractivity (Wildman–Crippen MR) is 77.6 cm³/mol. The van der Waals surface area contributed by atoms with Crippen LogP contribution in [0.15, 0.2) is 0 Å². The number of halogens is 1. The Bertz CT molecular complexity index is 455. The zero-order chi connectivity index (χ0) is 14.0. The molecule has 0 aliphatic heterocycles. The fourth-order valence-electron chi connectivity index (χ4n) is 2.87. The van der Waals surface area contributed by atoms with E-state index in [-0.39, 0.29) is 17.4 Å². The van der Waals surface area contributed by atoms with E-state index in [4.69, 9.17) is 11.6 Å². The van der Waals surface area contributed by atoms with Gasteiger partial charge in [-0.25, -0.2) is 0 Å². The van der Waals surface area contributed by atoms with Gasteiger partial charge >= 0.3 is 0 Å². The molecule has 1 fully saturated rings. The number of hydrogen-bond acceptors (Lipinski definition) is 4. The Morgan fingerprint density at radius 1 is 1.32 bits per heavy atom. The van der Waals surface area contributed by atoms with Crippen LogP contribution < -0.4 is 5.32 Å². The van der Waals surface area contributed by atoms with Gasteiger partial charge in [0.05, 0.1) is 0 Å².